The smallest absolute Gasteiger partial charge is 0.265 e. The topological polar surface area (TPSA) is 147 Å². The van der Waals surface area contributed by atoms with Gasteiger partial charge in [0.2, 0.25) is 12.2 Å². The number of aliphatic carboxylic acids is 1. The van der Waals surface area contributed by atoms with Crippen molar-refractivity contribution >= 4 is 27.6 Å². The van der Waals surface area contributed by atoms with Crippen LogP contribution in [0, 0.1) is 11.8 Å². The molecule has 11 nitrogen and oxygen atoms in total. The predicted octanol–water partition coefficient (Wildman–Crippen LogP) is 0.0478. The number of aliphatic hydroxyl groups is 2. The van der Waals surface area contributed by atoms with E-state index in [0.717, 1.165) is 10.5 Å². The number of benzene rings is 2. The highest BCUT2D eigenvalue weighted by Gasteiger charge is 2.59. The number of sulfonamides is 1. The Balaban J connectivity index is 1.34. The number of hydrogen-bond acceptors (Lipinski definition) is 7. The molecule has 220 valence electrons. The van der Waals surface area contributed by atoms with Gasteiger partial charge in [0.05, 0.1) is 60.0 Å². The largest absolute Gasteiger partial charge is 0.543 e. The van der Waals surface area contributed by atoms with E-state index in [2.05, 4.69) is 0 Å². The normalized spacial score (nSPS) is 22.9. The van der Waals surface area contributed by atoms with E-state index in [0.29, 0.717) is 36.3 Å². The van der Waals surface area contributed by atoms with Crippen LogP contribution in [0.15, 0.2) is 77.4 Å². The molecule has 1 fully saturated rings. The van der Waals surface area contributed by atoms with Gasteiger partial charge >= 0.3 is 0 Å². The summed E-state index contributed by atoms with van der Waals surface area (Å²) in [5.74, 6) is -3.30. The number of carbonyl (C=O) groups is 2. The second kappa shape index (κ2) is 10.4. The van der Waals surface area contributed by atoms with Crippen molar-refractivity contribution in [3.05, 3.63) is 78.0 Å². The minimum absolute atomic E-state index is 0.0501. The summed E-state index contributed by atoms with van der Waals surface area (Å²) in [6.45, 7) is 4.20. The third kappa shape index (κ3) is 4.32. The molecule has 0 bridgehead atoms. The molecule has 2 N–H and O–H groups in total. The van der Waals surface area contributed by atoms with Crippen LogP contribution in [0.2, 0.25) is 0 Å². The summed E-state index contributed by atoms with van der Waals surface area (Å²) in [7, 11) is -4.10. The van der Waals surface area contributed by atoms with Crippen LogP contribution in [0.5, 0.6) is 0 Å². The summed E-state index contributed by atoms with van der Waals surface area (Å²) in [5.41, 5.74) is 2.61. The summed E-state index contributed by atoms with van der Waals surface area (Å²) >= 11 is 0. The predicted molar refractivity (Wildman–Crippen MR) is 149 cm³/mol. The van der Waals surface area contributed by atoms with E-state index in [1.54, 1.807) is 31.2 Å². The fourth-order valence-electron chi connectivity index (χ4n) is 6.58. The summed E-state index contributed by atoms with van der Waals surface area (Å²) in [6, 6.07) is 11.8. The number of anilines is 1. The molecule has 0 unspecified atom stereocenters. The number of amides is 1. The molecule has 3 aliphatic heterocycles. The van der Waals surface area contributed by atoms with Gasteiger partial charge in [0.1, 0.15) is 18.9 Å². The minimum Gasteiger partial charge on any atom is -0.543 e. The van der Waals surface area contributed by atoms with Crippen LogP contribution in [0.3, 0.4) is 0 Å². The number of carboxylic acids is 1. The Labute approximate surface area is 243 Å². The van der Waals surface area contributed by atoms with Gasteiger partial charge in [-0.05, 0) is 36.3 Å². The van der Waals surface area contributed by atoms with Crippen molar-refractivity contribution in [2.45, 2.75) is 50.4 Å². The summed E-state index contributed by atoms with van der Waals surface area (Å²) < 4.78 is 33.3. The van der Waals surface area contributed by atoms with E-state index in [4.69, 9.17) is 5.11 Å². The van der Waals surface area contributed by atoms with Gasteiger partial charge in [0.25, 0.3) is 10.0 Å². The van der Waals surface area contributed by atoms with Crippen LogP contribution in [0.4, 0.5) is 5.69 Å². The molecule has 4 heterocycles. The Morgan fingerprint density at radius 3 is 2.64 bits per heavy atom. The minimum atomic E-state index is -4.10. The molecule has 0 spiro atoms. The fraction of sp³-hybridized carbons (Fsp3) is 0.367. The zero-order valence-corrected chi connectivity index (χ0v) is 24.1. The third-order valence-electron chi connectivity index (χ3n) is 8.66. The highest BCUT2D eigenvalue weighted by atomic mass is 32.2. The number of carbonyl (C=O) groups excluding carboxylic acids is 2. The number of imidazole rings is 1. The van der Waals surface area contributed by atoms with Crippen LogP contribution in [0.25, 0.3) is 11.1 Å². The van der Waals surface area contributed by atoms with Crippen molar-refractivity contribution in [3.63, 3.8) is 0 Å². The van der Waals surface area contributed by atoms with Crippen LogP contribution in [-0.4, -0.2) is 65.3 Å². The lowest BCUT2D eigenvalue weighted by molar-refractivity contribution is -0.697. The fourth-order valence-corrected chi connectivity index (χ4v) is 8.23. The maximum Gasteiger partial charge on any atom is 0.265 e. The summed E-state index contributed by atoms with van der Waals surface area (Å²) in [6.07, 6.45) is 5.40. The number of aliphatic hydroxyl groups excluding tert-OH is 2. The van der Waals surface area contributed by atoms with E-state index in [9.17, 15) is 28.2 Å². The van der Waals surface area contributed by atoms with E-state index >= 15 is 0 Å². The SMILES string of the molecule is C[C@@H](O)[C@H]1C(=O)N2C(C(=O)[O-])=C(CN3c4ccccc4-c4cc(CCn5cc[n+](CCO)c5)ccc4S3(=O)=O)[C@H](C)[C@H]12. The highest BCUT2D eigenvalue weighted by molar-refractivity contribution is 7.93. The first-order chi connectivity index (χ1) is 20.0. The Morgan fingerprint density at radius 1 is 1.17 bits per heavy atom. The molecular weight excluding hydrogens is 560 g/mol. The molecule has 1 saturated heterocycles. The van der Waals surface area contributed by atoms with E-state index in [-0.39, 0.29) is 29.3 Å². The van der Waals surface area contributed by atoms with Crippen molar-refractivity contribution in [2.24, 2.45) is 11.8 Å². The lowest BCUT2D eigenvalue weighted by atomic mass is 9.77. The van der Waals surface area contributed by atoms with E-state index < -0.39 is 45.9 Å². The second-order valence-electron chi connectivity index (χ2n) is 11.1. The molecule has 0 radical (unpaired) electrons. The van der Waals surface area contributed by atoms with Gasteiger partial charge in [0.15, 0.2) is 0 Å². The molecule has 4 atom stereocenters. The number of aryl methyl sites for hydroxylation is 2. The molecule has 42 heavy (non-hydrogen) atoms. The molecule has 2 aromatic carbocycles. The van der Waals surface area contributed by atoms with Crippen LogP contribution >= 0.6 is 0 Å². The number of aromatic nitrogens is 2. The number of para-hydroxylation sites is 1. The number of carboxylic acid groups (broad SMARTS) is 1. The molecule has 0 saturated carbocycles. The Bertz CT molecular complexity index is 1730. The van der Waals surface area contributed by atoms with Gasteiger partial charge in [-0.1, -0.05) is 31.2 Å². The number of fused-ring (bicyclic) bond motifs is 4. The van der Waals surface area contributed by atoms with Gasteiger partial charge in [-0.15, -0.1) is 0 Å². The maximum atomic E-state index is 14.1. The van der Waals surface area contributed by atoms with Crippen molar-refractivity contribution in [2.75, 3.05) is 17.5 Å². The standard InChI is InChI=1S/C30H32N4O7S/c1-18-23(28(30(38)39)34-27(18)26(19(2)36)29(34)37)16-33-24-6-4-3-5-21(24)22-15-20(7-8-25(22)42(33,40)41)9-10-31-11-12-32(17-31)13-14-35/h3-8,11-12,15,17-19,26-27,35-36H,9-10,13-14,16H2,1-2H3/t18-,19+,26+,27+/m0/s1. The van der Waals surface area contributed by atoms with Gasteiger partial charge < -0.3 is 25.0 Å². The number of nitrogens with zero attached hydrogens (tertiary/aromatic N) is 4. The average molecular weight is 593 g/mol. The first-order valence-electron chi connectivity index (χ1n) is 13.9. The van der Waals surface area contributed by atoms with Crippen molar-refractivity contribution in [1.29, 1.82) is 0 Å². The van der Waals surface area contributed by atoms with Gasteiger partial charge in [-0.2, -0.15) is 0 Å². The van der Waals surface area contributed by atoms with Crippen molar-refractivity contribution in [1.82, 2.24) is 9.47 Å². The number of β-lactam (4-membered cyclic amide) rings is 1. The van der Waals surface area contributed by atoms with Crippen molar-refractivity contribution in [3.8, 4) is 11.1 Å². The van der Waals surface area contributed by atoms with Crippen LogP contribution in [0.1, 0.15) is 19.4 Å². The Hall–Kier alpha value is -4.00. The summed E-state index contributed by atoms with van der Waals surface area (Å²) in [5, 5.41) is 31.6. The van der Waals surface area contributed by atoms with Crippen LogP contribution < -0.4 is 14.0 Å². The molecule has 1 aromatic heterocycles. The molecule has 1 amide bonds. The highest BCUT2D eigenvalue weighted by Crippen LogP contribution is 2.49. The van der Waals surface area contributed by atoms with Crippen LogP contribution in [-0.2, 0) is 39.1 Å². The molecule has 6 rings (SSSR count). The van der Waals surface area contributed by atoms with Crippen molar-refractivity contribution < 1.29 is 37.9 Å². The lowest BCUT2D eigenvalue weighted by Gasteiger charge is -2.47. The molecule has 3 aliphatic rings. The molecule has 12 heteroatoms. The second-order valence-corrected chi connectivity index (χ2v) is 13.0. The molecular formula is C30H32N4O7S. The molecule has 3 aromatic rings. The molecule has 0 aliphatic carbocycles. The monoisotopic (exact) mass is 592 g/mol. The first kappa shape index (κ1) is 28.1. The zero-order chi connectivity index (χ0) is 29.9. The quantitative estimate of drug-likeness (QED) is 0.264. The zero-order valence-electron chi connectivity index (χ0n) is 23.3. The summed E-state index contributed by atoms with van der Waals surface area (Å²) in [4.78, 5) is 26.3. The average Bonchev–Trinajstić information content (AvgIpc) is 3.49. The van der Waals surface area contributed by atoms with E-state index in [1.807, 2.05) is 46.1 Å². The Kier molecular flexibility index (Phi) is 6.95. The van der Waals surface area contributed by atoms with Gasteiger partial charge in [0, 0.05) is 23.5 Å². The number of rotatable bonds is 9. The number of hydrogen-bond donors (Lipinski definition) is 2. The Morgan fingerprint density at radius 2 is 1.93 bits per heavy atom. The lowest BCUT2D eigenvalue weighted by Crippen LogP contribution is -2.64. The van der Waals surface area contributed by atoms with Gasteiger partial charge in [-0.25, -0.2) is 17.6 Å². The first-order valence-corrected chi connectivity index (χ1v) is 15.3. The maximum absolute atomic E-state index is 14.1. The van der Waals surface area contributed by atoms with E-state index in [1.165, 1.54) is 11.2 Å². The van der Waals surface area contributed by atoms with Gasteiger partial charge in [-0.3, -0.25) is 9.10 Å². The third-order valence-corrected chi connectivity index (χ3v) is 10.5.